The molecule has 9 nitrogen and oxygen atoms in total. The van der Waals surface area contributed by atoms with E-state index in [2.05, 4.69) is 4.99 Å². The molecule has 0 aliphatic carbocycles. The highest BCUT2D eigenvalue weighted by molar-refractivity contribution is 7.07. The lowest BCUT2D eigenvalue weighted by molar-refractivity contribution is -0.139. The van der Waals surface area contributed by atoms with E-state index in [1.165, 1.54) is 36.2 Å². The van der Waals surface area contributed by atoms with Crippen LogP contribution < -0.4 is 33.8 Å². The van der Waals surface area contributed by atoms with Crippen molar-refractivity contribution >= 4 is 35.0 Å². The van der Waals surface area contributed by atoms with Gasteiger partial charge in [-0.25, -0.2) is 14.2 Å². The zero-order valence-electron chi connectivity index (χ0n) is 26.8. The van der Waals surface area contributed by atoms with Crippen molar-refractivity contribution in [2.75, 3.05) is 20.8 Å². The molecule has 246 valence electrons. The summed E-state index contributed by atoms with van der Waals surface area (Å²) in [6, 6.07) is 14.0. The van der Waals surface area contributed by atoms with Crippen LogP contribution >= 0.6 is 22.9 Å². The monoisotopic (exact) mass is 680 g/mol. The van der Waals surface area contributed by atoms with E-state index < -0.39 is 17.8 Å². The third-order valence-electron chi connectivity index (χ3n) is 7.26. The number of nitrogens with zero attached hydrogens (tertiary/aromatic N) is 2. The third kappa shape index (κ3) is 7.06. The minimum atomic E-state index is -0.846. The van der Waals surface area contributed by atoms with Crippen molar-refractivity contribution in [3.05, 3.63) is 113 Å². The van der Waals surface area contributed by atoms with Crippen LogP contribution in [-0.4, -0.2) is 37.5 Å². The molecule has 1 atom stereocenters. The number of esters is 1. The Morgan fingerprint density at radius 1 is 1.09 bits per heavy atom. The number of halogens is 2. The van der Waals surface area contributed by atoms with E-state index in [1.807, 2.05) is 13.8 Å². The lowest BCUT2D eigenvalue weighted by atomic mass is 9.95. The van der Waals surface area contributed by atoms with E-state index in [0.717, 1.165) is 0 Å². The summed E-state index contributed by atoms with van der Waals surface area (Å²) >= 11 is 7.78. The molecule has 47 heavy (non-hydrogen) atoms. The SMILES string of the molecule is CCOC(=O)C1=C(C)N=c2s/c(=C\c3cc(Cl)c(OCc4ccccc4F)c(OC)c3)c(=O)n2[C@H]1c1ccc(OC(C)C)c(OC)c1. The van der Waals surface area contributed by atoms with E-state index in [-0.39, 0.29) is 41.2 Å². The predicted octanol–water partition coefficient (Wildman–Crippen LogP) is 5.97. The van der Waals surface area contributed by atoms with Gasteiger partial charge in [-0.15, -0.1) is 0 Å². The number of carbonyl (C=O) groups excluding carboxylic acids is 1. The molecule has 4 aromatic rings. The third-order valence-corrected chi connectivity index (χ3v) is 8.53. The quantitative estimate of drug-likeness (QED) is 0.180. The van der Waals surface area contributed by atoms with Gasteiger partial charge in [-0.05, 0) is 75.2 Å². The fraction of sp³-hybridized carbons (Fsp3) is 0.286. The molecular weight excluding hydrogens is 647 g/mol. The maximum absolute atomic E-state index is 14.2. The van der Waals surface area contributed by atoms with Gasteiger partial charge in [0, 0.05) is 5.56 Å². The van der Waals surface area contributed by atoms with Crippen LogP contribution in [0.1, 0.15) is 50.4 Å². The van der Waals surface area contributed by atoms with Crippen LogP contribution in [0.4, 0.5) is 4.39 Å². The van der Waals surface area contributed by atoms with E-state index in [1.54, 1.807) is 68.5 Å². The first-order valence-corrected chi connectivity index (χ1v) is 16.0. The largest absolute Gasteiger partial charge is 0.493 e. The van der Waals surface area contributed by atoms with Gasteiger partial charge in [-0.2, -0.15) is 0 Å². The van der Waals surface area contributed by atoms with Crippen LogP contribution in [0.25, 0.3) is 6.08 Å². The lowest BCUT2D eigenvalue weighted by Gasteiger charge is -2.25. The van der Waals surface area contributed by atoms with Crippen molar-refractivity contribution in [3.8, 4) is 23.0 Å². The van der Waals surface area contributed by atoms with E-state index >= 15 is 0 Å². The summed E-state index contributed by atoms with van der Waals surface area (Å²) in [5, 5.41) is 0.217. The second-order valence-electron chi connectivity index (χ2n) is 10.8. The van der Waals surface area contributed by atoms with Crippen LogP contribution in [0, 0.1) is 5.82 Å². The highest BCUT2D eigenvalue weighted by Gasteiger charge is 2.34. The number of rotatable bonds is 11. The number of hydrogen-bond acceptors (Lipinski definition) is 9. The molecular formula is C35H34ClFN2O7S. The first-order valence-electron chi connectivity index (χ1n) is 14.8. The Morgan fingerprint density at radius 3 is 2.51 bits per heavy atom. The van der Waals surface area contributed by atoms with Crippen LogP contribution in [0.5, 0.6) is 23.0 Å². The van der Waals surface area contributed by atoms with Gasteiger partial charge >= 0.3 is 5.97 Å². The zero-order valence-corrected chi connectivity index (χ0v) is 28.3. The molecule has 0 saturated carbocycles. The Morgan fingerprint density at radius 2 is 1.83 bits per heavy atom. The summed E-state index contributed by atoms with van der Waals surface area (Å²) in [6.45, 7) is 7.35. The molecule has 1 aliphatic heterocycles. The molecule has 0 unspecified atom stereocenters. The van der Waals surface area contributed by atoms with Gasteiger partial charge in [-0.3, -0.25) is 9.36 Å². The number of hydrogen-bond donors (Lipinski definition) is 0. The molecule has 0 bridgehead atoms. The number of aromatic nitrogens is 1. The van der Waals surface area contributed by atoms with Crippen molar-refractivity contribution in [3.63, 3.8) is 0 Å². The molecule has 0 fully saturated rings. The van der Waals surface area contributed by atoms with Crippen molar-refractivity contribution in [1.29, 1.82) is 0 Å². The molecule has 0 radical (unpaired) electrons. The van der Waals surface area contributed by atoms with Gasteiger partial charge in [0.2, 0.25) is 0 Å². The molecule has 12 heteroatoms. The van der Waals surface area contributed by atoms with Crippen molar-refractivity contribution < 1.29 is 32.9 Å². The van der Waals surface area contributed by atoms with Crippen LogP contribution in [-0.2, 0) is 16.1 Å². The average Bonchev–Trinajstić information content (AvgIpc) is 3.33. The highest BCUT2D eigenvalue weighted by atomic mass is 35.5. The standard InChI is InChI=1S/C35H34ClFN2O7S/c1-7-44-34(41)30-20(4)38-35-39(31(30)22-12-13-26(46-19(2)3)27(17-22)42-5)33(40)29(47-35)16-21-14-24(36)32(28(15-21)43-6)45-18-23-10-8-9-11-25(23)37/h8-17,19,31H,7,18H2,1-6H3/b29-16-/t31-/m0/s1. The van der Waals surface area contributed by atoms with Gasteiger partial charge in [-0.1, -0.05) is 47.2 Å². The van der Waals surface area contributed by atoms with Crippen molar-refractivity contribution in [2.45, 2.75) is 46.4 Å². The minimum Gasteiger partial charge on any atom is -0.493 e. The van der Waals surface area contributed by atoms with Gasteiger partial charge in [0.25, 0.3) is 5.56 Å². The molecule has 0 spiro atoms. The van der Waals surface area contributed by atoms with Gasteiger partial charge in [0.1, 0.15) is 12.4 Å². The number of benzene rings is 3. The first-order chi connectivity index (χ1) is 22.6. The highest BCUT2D eigenvalue weighted by Crippen LogP contribution is 2.38. The molecule has 0 saturated heterocycles. The predicted molar refractivity (Wildman–Crippen MR) is 178 cm³/mol. The summed E-state index contributed by atoms with van der Waals surface area (Å²) in [5.74, 6) is 0.565. The Balaban J connectivity index is 1.60. The van der Waals surface area contributed by atoms with Crippen molar-refractivity contribution in [2.24, 2.45) is 4.99 Å². The van der Waals surface area contributed by atoms with Crippen LogP contribution in [0.15, 0.2) is 75.7 Å². The smallest absolute Gasteiger partial charge is 0.338 e. The lowest BCUT2D eigenvalue weighted by Crippen LogP contribution is -2.40. The van der Waals surface area contributed by atoms with E-state index in [4.69, 9.17) is 35.3 Å². The van der Waals surface area contributed by atoms with Gasteiger partial charge in [0.05, 0.1) is 53.8 Å². The van der Waals surface area contributed by atoms with Crippen LogP contribution in [0.3, 0.4) is 0 Å². The minimum absolute atomic E-state index is 0.0573. The van der Waals surface area contributed by atoms with Crippen LogP contribution in [0.2, 0.25) is 5.02 Å². The van der Waals surface area contributed by atoms with E-state index in [0.29, 0.717) is 49.0 Å². The summed E-state index contributed by atoms with van der Waals surface area (Å²) in [7, 11) is 2.99. The normalized spacial score (nSPS) is 14.5. The maximum Gasteiger partial charge on any atom is 0.338 e. The molecule has 3 aromatic carbocycles. The zero-order chi connectivity index (χ0) is 33.8. The Labute approximate surface area is 280 Å². The second kappa shape index (κ2) is 14.4. The Bertz CT molecular complexity index is 2040. The number of thiazole rings is 1. The first kappa shape index (κ1) is 33.7. The molecule has 1 aliphatic rings. The summed E-state index contributed by atoms with van der Waals surface area (Å²) in [6.07, 6.45) is 1.57. The maximum atomic E-state index is 14.2. The fourth-order valence-electron chi connectivity index (χ4n) is 5.19. The summed E-state index contributed by atoms with van der Waals surface area (Å²) < 4.78 is 44.3. The average molecular weight is 681 g/mol. The molecule has 2 heterocycles. The van der Waals surface area contributed by atoms with E-state index in [9.17, 15) is 14.0 Å². The molecule has 0 N–H and O–H groups in total. The number of fused-ring (bicyclic) bond motifs is 1. The molecule has 1 aromatic heterocycles. The number of carbonyl (C=O) groups is 1. The molecule has 0 amide bonds. The van der Waals surface area contributed by atoms with Gasteiger partial charge < -0.3 is 23.7 Å². The number of allylic oxidation sites excluding steroid dienone is 1. The second-order valence-corrected chi connectivity index (χ2v) is 12.2. The topological polar surface area (TPSA) is 97.6 Å². The summed E-state index contributed by atoms with van der Waals surface area (Å²) in [5.41, 5.74) is 1.84. The summed E-state index contributed by atoms with van der Waals surface area (Å²) in [4.78, 5) is 32.5. The number of methoxy groups -OCH3 is 2. The van der Waals surface area contributed by atoms with Crippen molar-refractivity contribution in [1.82, 2.24) is 4.57 Å². The Hall–Kier alpha value is -4.61. The Kier molecular flexibility index (Phi) is 10.4. The molecule has 5 rings (SSSR count). The fourth-order valence-corrected chi connectivity index (χ4v) is 6.51. The van der Waals surface area contributed by atoms with Gasteiger partial charge in [0.15, 0.2) is 27.8 Å². The number of ether oxygens (including phenoxy) is 5.